The molecule has 0 aliphatic heterocycles. The Hall–Kier alpha value is -6.56. The van der Waals surface area contributed by atoms with E-state index < -0.39 is 29.8 Å². The Morgan fingerprint density at radius 1 is 0.429 bits per heavy atom. The molecule has 2 aliphatic rings. The lowest BCUT2D eigenvalue weighted by Crippen LogP contribution is -2.30. The highest BCUT2D eigenvalue weighted by molar-refractivity contribution is 5.84. The number of ketones is 1. The first-order valence-electron chi connectivity index (χ1n) is 27.2. The third-order valence-corrected chi connectivity index (χ3v) is 13.3. The number of Topliss-reactive ketones (excluding diaryl/α,β-unsaturated/α-hetero) is 1. The number of hydrogen-bond donors (Lipinski definition) is 0. The topological polar surface area (TPSA) is 204 Å². The number of unbranched alkanes of at least 4 members (excludes halogenated alkanes) is 6. The molecule has 17 nitrogen and oxygen atoms in total. The van der Waals surface area contributed by atoms with Crippen LogP contribution in [0.4, 0.5) is 0 Å². The van der Waals surface area contributed by atoms with Gasteiger partial charge in [0.2, 0.25) is 0 Å². The van der Waals surface area contributed by atoms with E-state index >= 15 is 0 Å². The van der Waals surface area contributed by atoms with Crippen molar-refractivity contribution in [2.45, 2.75) is 109 Å². The third kappa shape index (κ3) is 23.7. The van der Waals surface area contributed by atoms with Gasteiger partial charge in [-0.1, -0.05) is 25.3 Å². The zero-order valence-electron chi connectivity index (χ0n) is 44.8. The van der Waals surface area contributed by atoms with E-state index in [1.807, 2.05) is 24.3 Å². The van der Waals surface area contributed by atoms with Crippen LogP contribution in [0, 0.1) is 23.7 Å². The van der Waals surface area contributed by atoms with Crippen molar-refractivity contribution in [2.75, 3.05) is 73.2 Å². The lowest BCUT2D eigenvalue weighted by molar-refractivity contribution is -0.145. The van der Waals surface area contributed by atoms with Crippen molar-refractivity contribution in [3.63, 3.8) is 0 Å². The van der Waals surface area contributed by atoms with Gasteiger partial charge in [-0.25, -0.2) is 9.59 Å². The number of carbonyl (C=O) groups excluding carboxylic acids is 6. The number of methoxy groups -OCH3 is 1. The average molecular weight is 1070 g/mol. The summed E-state index contributed by atoms with van der Waals surface area (Å²) in [5.74, 6) is -0.886. The van der Waals surface area contributed by atoms with Gasteiger partial charge < -0.3 is 52.1 Å². The van der Waals surface area contributed by atoms with E-state index in [9.17, 15) is 28.8 Å². The minimum absolute atomic E-state index is 0.110. The number of carbonyl (C=O) groups is 6. The first kappa shape index (κ1) is 61.3. The van der Waals surface area contributed by atoms with Crippen LogP contribution in [-0.2, 0) is 58.9 Å². The SMILES string of the molecule is C=CC(=O)OCCCCCCOc1ccc(CC(=O)C2CCC(C(=O)Oc3ccc(OC(=O)C4CCC(C(=O)Oc5ccc(OCCCCCCOC(=O)C=C)cc5)CC4)c(OCCOCCOCCOC)c3)CC2)cc1. The molecule has 2 aliphatic carbocycles. The second-order valence-electron chi connectivity index (χ2n) is 19.1. The first-order chi connectivity index (χ1) is 37.5. The zero-order chi connectivity index (χ0) is 54.9. The number of ether oxygens (including phenoxy) is 11. The summed E-state index contributed by atoms with van der Waals surface area (Å²) in [5, 5.41) is 0. The normalized spacial score (nSPS) is 17.0. The van der Waals surface area contributed by atoms with Crippen LogP contribution in [0.3, 0.4) is 0 Å². The van der Waals surface area contributed by atoms with Crippen molar-refractivity contribution >= 4 is 35.6 Å². The summed E-state index contributed by atoms with van der Waals surface area (Å²) < 4.78 is 61.3. The van der Waals surface area contributed by atoms with Crippen molar-refractivity contribution < 1.29 is 80.9 Å². The maximum absolute atomic E-state index is 13.6. The van der Waals surface area contributed by atoms with Crippen molar-refractivity contribution in [1.82, 2.24) is 0 Å². The summed E-state index contributed by atoms with van der Waals surface area (Å²) in [7, 11) is 1.60. The van der Waals surface area contributed by atoms with Gasteiger partial charge in [-0.3, -0.25) is 19.2 Å². The molecule has 3 aromatic carbocycles. The van der Waals surface area contributed by atoms with E-state index in [1.165, 1.54) is 6.07 Å². The fourth-order valence-corrected chi connectivity index (χ4v) is 8.84. The molecule has 3 aromatic rings. The molecule has 0 bridgehead atoms. The van der Waals surface area contributed by atoms with Crippen LogP contribution in [0.1, 0.15) is 108 Å². The van der Waals surface area contributed by atoms with E-state index in [1.54, 1.807) is 43.5 Å². The molecule has 2 fully saturated rings. The number of benzene rings is 3. The lowest BCUT2D eigenvalue weighted by Gasteiger charge is -2.26. The smallest absolute Gasteiger partial charge is 0.330 e. The van der Waals surface area contributed by atoms with Gasteiger partial charge in [0.25, 0.3) is 0 Å². The number of esters is 5. The molecule has 0 atom stereocenters. The van der Waals surface area contributed by atoms with Crippen LogP contribution in [0.25, 0.3) is 0 Å². The Kier molecular flexibility index (Phi) is 28.4. The zero-order valence-corrected chi connectivity index (χ0v) is 44.8. The maximum atomic E-state index is 13.6. The summed E-state index contributed by atoms with van der Waals surface area (Å²) >= 11 is 0. The largest absolute Gasteiger partial charge is 0.494 e. The molecule has 0 heterocycles. The molecule has 0 saturated heterocycles. The summed E-state index contributed by atoms with van der Waals surface area (Å²) in [5.41, 5.74) is 0.906. The van der Waals surface area contributed by atoms with Crippen molar-refractivity contribution in [1.29, 1.82) is 0 Å². The Morgan fingerprint density at radius 3 is 1.35 bits per heavy atom. The fraction of sp³-hybridized carbons (Fsp3) is 0.533. The van der Waals surface area contributed by atoms with Gasteiger partial charge in [0.05, 0.1) is 77.2 Å². The Balaban J connectivity index is 1.03. The predicted octanol–water partition coefficient (Wildman–Crippen LogP) is 9.92. The van der Waals surface area contributed by atoms with Crippen LogP contribution in [0.2, 0.25) is 0 Å². The summed E-state index contributed by atoms with van der Waals surface area (Å²) in [6.07, 6.45) is 13.6. The molecular weight excluding hydrogens is 993 g/mol. The third-order valence-electron chi connectivity index (χ3n) is 13.3. The molecule has 0 aromatic heterocycles. The highest BCUT2D eigenvalue weighted by atomic mass is 16.6. The molecule has 5 rings (SSSR count). The van der Waals surface area contributed by atoms with Gasteiger partial charge in [0, 0.05) is 37.7 Å². The highest BCUT2D eigenvalue weighted by Gasteiger charge is 2.34. The van der Waals surface area contributed by atoms with Crippen LogP contribution < -0.4 is 28.4 Å². The Morgan fingerprint density at radius 2 is 0.844 bits per heavy atom. The van der Waals surface area contributed by atoms with Gasteiger partial charge in [-0.15, -0.1) is 0 Å². The second-order valence-corrected chi connectivity index (χ2v) is 19.1. The van der Waals surface area contributed by atoms with Crippen LogP contribution in [0.15, 0.2) is 92.0 Å². The molecule has 0 unspecified atom stereocenters. The highest BCUT2D eigenvalue weighted by Crippen LogP contribution is 2.37. The Bertz CT molecular complexity index is 2280. The molecule has 0 spiro atoms. The van der Waals surface area contributed by atoms with E-state index in [0.29, 0.717) is 122 Å². The van der Waals surface area contributed by atoms with E-state index in [-0.39, 0.29) is 60.0 Å². The van der Waals surface area contributed by atoms with Gasteiger partial charge >= 0.3 is 29.8 Å². The molecule has 17 heteroatoms. The molecule has 2 saturated carbocycles. The van der Waals surface area contributed by atoms with Gasteiger partial charge in [0.15, 0.2) is 11.5 Å². The number of rotatable bonds is 37. The molecule has 420 valence electrons. The first-order valence-corrected chi connectivity index (χ1v) is 27.2. The van der Waals surface area contributed by atoms with Crippen molar-refractivity contribution in [3.05, 3.63) is 97.6 Å². The molecule has 0 amide bonds. The summed E-state index contributed by atoms with van der Waals surface area (Å²) in [6.45, 7) is 10.6. The van der Waals surface area contributed by atoms with E-state index in [4.69, 9.17) is 52.1 Å². The van der Waals surface area contributed by atoms with Crippen molar-refractivity contribution in [2.24, 2.45) is 23.7 Å². The molecule has 0 radical (unpaired) electrons. The summed E-state index contributed by atoms with van der Waals surface area (Å²) in [6, 6.07) is 19.1. The maximum Gasteiger partial charge on any atom is 0.330 e. The minimum atomic E-state index is -0.459. The van der Waals surface area contributed by atoms with Crippen molar-refractivity contribution in [3.8, 4) is 34.5 Å². The Labute approximate surface area is 453 Å². The van der Waals surface area contributed by atoms with E-state index in [2.05, 4.69) is 13.2 Å². The molecular formula is C60H78O17. The fourth-order valence-electron chi connectivity index (χ4n) is 8.84. The predicted molar refractivity (Wildman–Crippen MR) is 285 cm³/mol. The average Bonchev–Trinajstić information content (AvgIpc) is 3.45. The molecule has 0 N–H and O–H groups in total. The van der Waals surface area contributed by atoms with Crippen LogP contribution in [-0.4, -0.2) is 109 Å². The quantitative estimate of drug-likeness (QED) is 0.0228. The monoisotopic (exact) mass is 1070 g/mol. The second kappa shape index (κ2) is 35.7. The van der Waals surface area contributed by atoms with Crippen LogP contribution >= 0.6 is 0 Å². The standard InChI is InChI=1S/C60H78O17/c1-4-56(62)73-34-12-8-6-10-32-70-49-24-14-44(15-25-49)42-53(61)45-16-18-46(19-17-45)59(65)76-52-30-31-54(55(43-52)72-41-40-69-39-38-68-37-36-67-3)77-60(66)48-22-20-47(21-23-48)58(64)75-51-28-26-50(27-29-51)71-33-11-7-9-13-35-74-57(63)5-2/h4-5,14-15,24-31,43,45-48H,1-2,6-13,16-23,32-42H2,3H3. The van der Waals surface area contributed by atoms with Gasteiger partial charge in [-0.05, 0) is 157 Å². The number of hydrogen-bond acceptors (Lipinski definition) is 17. The van der Waals surface area contributed by atoms with Gasteiger partial charge in [-0.2, -0.15) is 0 Å². The van der Waals surface area contributed by atoms with Crippen LogP contribution in [0.5, 0.6) is 34.5 Å². The van der Waals surface area contributed by atoms with Gasteiger partial charge in [0.1, 0.15) is 35.4 Å². The minimum Gasteiger partial charge on any atom is -0.494 e. The summed E-state index contributed by atoms with van der Waals surface area (Å²) in [4.78, 5) is 75.8. The molecule has 77 heavy (non-hydrogen) atoms. The lowest BCUT2D eigenvalue weighted by atomic mass is 9.79. The van der Waals surface area contributed by atoms with E-state index in [0.717, 1.165) is 74.8 Å².